The number of halogens is 1. The van der Waals surface area contributed by atoms with E-state index in [0.717, 1.165) is 16.8 Å². The largest absolute Gasteiger partial charge is 0.377 e. The minimum atomic E-state index is -0.190. The van der Waals surface area contributed by atoms with E-state index in [4.69, 9.17) is 11.6 Å². The van der Waals surface area contributed by atoms with E-state index in [-0.39, 0.29) is 5.91 Å². The van der Waals surface area contributed by atoms with Crippen molar-refractivity contribution in [3.05, 3.63) is 70.9 Å². The van der Waals surface area contributed by atoms with Crippen LogP contribution in [0.15, 0.2) is 54.7 Å². The van der Waals surface area contributed by atoms with Crippen LogP contribution in [0.2, 0.25) is 5.02 Å². The molecule has 29 heavy (non-hydrogen) atoms. The van der Waals surface area contributed by atoms with Gasteiger partial charge in [-0.2, -0.15) is 0 Å². The van der Waals surface area contributed by atoms with Crippen LogP contribution in [0.3, 0.4) is 0 Å². The number of pyridine rings is 1. The maximum atomic E-state index is 12.8. The number of carbonyl (C=O) groups excluding carboxylic acids is 1. The molecule has 7 heteroatoms. The van der Waals surface area contributed by atoms with Crippen LogP contribution in [0.25, 0.3) is 22.6 Å². The molecular weight excluding hydrogens is 386 g/mol. The van der Waals surface area contributed by atoms with E-state index in [1.165, 1.54) is 0 Å². The third-order valence-electron chi connectivity index (χ3n) is 4.58. The lowest BCUT2D eigenvalue weighted by Gasteiger charge is -2.17. The van der Waals surface area contributed by atoms with Crippen molar-refractivity contribution in [2.45, 2.75) is 6.92 Å². The van der Waals surface area contributed by atoms with Gasteiger partial charge in [0.1, 0.15) is 5.82 Å². The van der Waals surface area contributed by atoms with Gasteiger partial charge in [0.05, 0.1) is 16.1 Å². The van der Waals surface area contributed by atoms with Gasteiger partial charge in [-0.25, -0.2) is 9.97 Å². The van der Waals surface area contributed by atoms with Crippen molar-refractivity contribution in [1.82, 2.24) is 15.0 Å². The van der Waals surface area contributed by atoms with Gasteiger partial charge in [0.2, 0.25) is 0 Å². The smallest absolute Gasteiger partial charge is 0.257 e. The Morgan fingerprint density at radius 3 is 2.72 bits per heavy atom. The number of hydrogen-bond donors (Lipinski definition) is 2. The highest BCUT2D eigenvalue weighted by Crippen LogP contribution is 2.30. The molecule has 0 aliphatic rings. The number of H-pyrrole nitrogens is 1. The van der Waals surface area contributed by atoms with Crippen molar-refractivity contribution in [2.75, 3.05) is 24.3 Å². The van der Waals surface area contributed by atoms with Gasteiger partial charge in [-0.05, 0) is 48.9 Å². The number of nitrogens with zero attached hydrogens (tertiary/aromatic N) is 3. The molecule has 0 bridgehead atoms. The molecule has 6 nitrogen and oxygen atoms in total. The minimum Gasteiger partial charge on any atom is -0.377 e. The van der Waals surface area contributed by atoms with Gasteiger partial charge >= 0.3 is 0 Å². The summed E-state index contributed by atoms with van der Waals surface area (Å²) in [4.78, 5) is 26.9. The van der Waals surface area contributed by atoms with Crippen molar-refractivity contribution in [3.63, 3.8) is 0 Å². The Hall–Kier alpha value is -3.38. The molecule has 0 spiro atoms. The van der Waals surface area contributed by atoms with Crippen LogP contribution < -0.4 is 10.2 Å². The summed E-state index contributed by atoms with van der Waals surface area (Å²) >= 11 is 6.41. The first-order valence-electron chi connectivity index (χ1n) is 9.12. The first kappa shape index (κ1) is 19.0. The molecule has 2 N–H and O–H groups in total. The SMILES string of the molecule is Cc1cnc2nc(-c3cc(NC(=O)c4ccccc4N(C)C)ccc3Cl)[nH]c2c1. The number of nitrogens with one attached hydrogen (secondary N) is 2. The van der Waals surface area contributed by atoms with Gasteiger partial charge in [0.15, 0.2) is 5.65 Å². The zero-order chi connectivity index (χ0) is 20.5. The molecule has 0 fully saturated rings. The molecule has 0 atom stereocenters. The molecule has 0 unspecified atom stereocenters. The molecule has 1 amide bonds. The minimum absolute atomic E-state index is 0.190. The molecule has 2 aromatic carbocycles. The van der Waals surface area contributed by atoms with E-state index in [9.17, 15) is 4.79 Å². The lowest BCUT2D eigenvalue weighted by molar-refractivity contribution is 0.102. The fraction of sp³-hybridized carbons (Fsp3) is 0.136. The van der Waals surface area contributed by atoms with E-state index in [1.807, 2.05) is 56.3 Å². The lowest BCUT2D eigenvalue weighted by Crippen LogP contribution is -2.18. The number of aryl methyl sites for hydroxylation is 1. The Morgan fingerprint density at radius 1 is 1.14 bits per heavy atom. The summed E-state index contributed by atoms with van der Waals surface area (Å²) in [6, 6.07) is 14.8. The maximum absolute atomic E-state index is 12.8. The van der Waals surface area contributed by atoms with Gasteiger partial charge in [-0.1, -0.05) is 23.7 Å². The molecule has 0 radical (unpaired) electrons. The number of amides is 1. The van der Waals surface area contributed by atoms with E-state index in [2.05, 4.69) is 20.3 Å². The Kier molecular flexibility index (Phi) is 4.94. The van der Waals surface area contributed by atoms with Crippen LogP contribution in [0.5, 0.6) is 0 Å². The first-order chi connectivity index (χ1) is 13.9. The fourth-order valence-corrected chi connectivity index (χ4v) is 3.38. The normalized spacial score (nSPS) is 10.9. The number of fused-ring (bicyclic) bond motifs is 1. The van der Waals surface area contributed by atoms with Crippen LogP contribution >= 0.6 is 11.6 Å². The molecular formula is C22H20ClN5O. The number of rotatable bonds is 4. The molecule has 146 valence electrons. The predicted molar refractivity (Wildman–Crippen MR) is 118 cm³/mol. The van der Waals surface area contributed by atoms with Gasteiger partial charge in [0, 0.05) is 37.2 Å². The number of para-hydroxylation sites is 1. The summed E-state index contributed by atoms with van der Waals surface area (Å²) in [6.45, 7) is 1.97. The highest BCUT2D eigenvalue weighted by atomic mass is 35.5. The topological polar surface area (TPSA) is 73.9 Å². The second kappa shape index (κ2) is 7.56. The number of aromatic nitrogens is 3. The summed E-state index contributed by atoms with van der Waals surface area (Å²) in [6.07, 6.45) is 1.77. The van der Waals surface area contributed by atoms with Crippen molar-refractivity contribution in [1.29, 1.82) is 0 Å². The van der Waals surface area contributed by atoms with Crippen LogP contribution in [-0.4, -0.2) is 35.0 Å². The van der Waals surface area contributed by atoms with Crippen LogP contribution in [0, 0.1) is 6.92 Å². The zero-order valence-corrected chi connectivity index (χ0v) is 17.1. The summed E-state index contributed by atoms with van der Waals surface area (Å²) < 4.78 is 0. The van der Waals surface area contributed by atoms with Crippen LogP contribution in [-0.2, 0) is 0 Å². The third-order valence-corrected chi connectivity index (χ3v) is 4.91. The molecule has 0 saturated heterocycles. The summed E-state index contributed by atoms with van der Waals surface area (Å²) in [5.74, 6) is 0.414. The highest BCUT2D eigenvalue weighted by molar-refractivity contribution is 6.33. The van der Waals surface area contributed by atoms with E-state index in [1.54, 1.807) is 24.4 Å². The van der Waals surface area contributed by atoms with Gasteiger partial charge in [-0.15, -0.1) is 0 Å². The molecule has 0 aliphatic heterocycles. The average Bonchev–Trinajstić information content (AvgIpc) is 3.12. The molecule has 2 heterocycles. The number of carbonyl (C=O) groups is 1. The van der Waals surface area contributed by atoms with Crippen molar-refractivity contribution in [2.24, 2.45) is 0 Å². The predicted octanol–water partition coefficient (Wildman–Crippen LogP) is 4.91. The Labute approximate surface area is 173 Å². The first-order valence-corrected chi connectivity index (χ1v) is 9.50. The Balaban J connectivity index is 1.67. The second-order valence-corrected chi connectivity index (χ2v) is 7.44. The number of aromatic amines is 1. The lowest BCUT2D eigenvalue weighted by atomic mass is 10.1. The van der Waals surface area contributed by atoms with Gasteiger partial charge in [-0.3, -0.25) is 4.79 Å². The second-order valence-electron chi connectivity index (χ2n) is 7.03. The molecule has 2 aromatic heterocycles. The number of anilines is 2. The highest BCUT2D eigenvalue weighted by Gasteiger charge is 2.15. The molecule has 4 rings (SSSR count). The number of imidazole rings is 1. The van der Waals surface area contributed by atoms with Crippen molar-refractivity contribution in [3.8, 4) is 11.4 Å². The summed E-state index contributed by atoms with van der Waals surface area (Å²) in [7, 11) is 3.81. The number of hydrogen-bond acceptors (Lipinski definition) is 4. The van der Waals surface area contributed by atoms with Crippen LogP contribution in [0.4, 0.5) is 11.4 Å². The van der Waals surface area contributed by atoms with E-state index < -0.39 is 0 Å². The Morgan fingerprint density at radius 2 is 1.93 bits per heavy atom. The zero-order valence-electron chi connectivity index (χ0n) is 16.3. The summed E-state index contributed by atoms with van der Waals surface area (Å²) in [5, 5.41) is 3.49. The molecule has 4 aromatic rings. The third kappa shape index (κ3) is 3.79. The fourth-order valence-electron chi connectivity index (χ4n) is 3.17. The van der Waals surface area contributed by atoms with E-state index in [0.29, 0.717) is 33.3 Å². The quantitative estimate of drug-likeness (QED) is 0.506. The van der Waals surface area contributed by atoms with Crippen LogP contribution in [0.1, 0.15) is 15.9 Å². The standard InChI is InChI=1S/C22H20ClN5O/c1-13-10-18-21(24-12-13)27-20(26-18)16-11-14(8-9-17(16)23)25-22(29)15-6-4-5-7-19(15)28(2)3/h4-12H,1-3H3,(H,25,29)(H,24,26,27). The van der Waals surface area contributed by atoms with Crippen molar-refractivity contribution >= 4 is 40.0 Å². The van der Waals surface area contributed by atoms with Gasteiger partial charge < -0.3 is 15.2 Å². The van der Waals surface area contributed by atoms with Crippen molar-refractivity contribution < 1.29 is 4.79 Å². The molecule has 0 saturated carbocycles. The van der Waals surface area contributed by atoms with E-state index >= 15 is 0 Å². The monoisotopic (exact) mass is 405 g/mol. The molecule has 0 aliphatic carbocycles. The van der Waals surface area contributed by atoms with Gasteiger partial charge in [0.25, 0.3) is 5.91 Å². The maximum Gasteiger partial charge on any atom is 0.257 e. The Bertz CT molecular complexity index is 1220. The summed E-state index contributed by atoms with van der Waals surface area (Å²) in [5.41, 5.74) is 5.27. The average molecular weight is 406 g/mol. The number of benzene rings is 2.